The molecule has 0 aliphatic carbocycles. The van der Waals surface area contributed by atoms with Crippen molar-refractivity contribution in [3.05, 3.63) is 39.6 Å². The molecule has 0 bridgehead atoms. The van der Waals surface area contributed by atoms with Gasteiger partial charge in [-0.25, -0.2) is 9.37 Å². The molecule has 0 fully saturated rings. The summed E-state index contributed by atoms with van der Waals surface area (Å²) in [6, 6.07) is 4.80. The number of rotatable bonds is 2. The van der Waals surface area contributed by atoms with E-state index in [1.807, 2.05) is 0 Å². The number of nitrogens with two attached hydrogens (primary N) is 1. The number of nitrogens with zero attached hydrogens (tertiary/aromatic N) is 1. The third kappa shape index (κ3) is 2.25. The lowest BCUT2D eigenvalue weighted by Crippen LogP contribution is -1.91. The van der Waals surface area contributed by atoms with E-state index in [0.29, 0.717) is 17.1 Å². The van der Waals surface area contributed by atoms with Crippen LogP contribution in [0.1, 0.15) is 4.88 Å². The lowest BCUT2D eigenvalue weighted by molar-refractivity contribution is 0.631. The zero-order valence-electron chi connectivity index (χ0n) is 7.71. The minimum atomic E-state index is -0.267. The Labute approximate surface area is 99.1 Å². The second-order valence-corrected chi connectivity index (χ2v) is 4.99. The zero-order chi connectivity index (χ0) is 10.8. The van der Waals surface area contributed by atoms with Crippen molar-refractivity contribution in [2.24, 2.45) is 5.73 Å². The van der Waals surface area contributed by atoms with Crippen LogP contribution in [-0.4, -0.2) is 4.98 Å². The molecule has 0 amide bonds. The van der Waals surface area contributed by atoms with Crippen molar-refractivity contribution < 1.29 is 4.39 Å². The van der Waals surface area contributed by atoms with E-state index >= 15 is 0 Å². The van der Waals surface area contributed by atoms with Crippen LogP contribution in [0.15, 0.2) is 28.9 Å². The molecule has 5 heteroatoms. The van der Waals surface area contributed by atoms with Crippen molar-refractivity contribution >= 4 is 27.3 Å². The normalized spacial score (nSPS) is 10.6. The predicted octanol–water partition coefficient (Wildman–Crippen LogP) is 3.17. The first-order valence-electron chi connectivity index (χ1n) is 4.31. The molecule has 0 unspecified atom stereocenters. The monoisotopic (exact) mass is 286 g/mol. The van der Waals surface area contributed by atoms with Crippen LogP contribution in [-0.2, 0) is 6.54 Å². The molecule has 1 aromatic carbocycles. The molecule has 1 heterocycles. The fourth-order valence-electron chi connectivity index (χ4n) is 1.19. The maximum Gasteiger partial charge on any atom is 0.133 e. The molecule has 0 saturated heterocycles. The Morgan fingerprint density at radius 1 is 1.47 bits per heavy atom. The van der Waals surface area contributed by atoms with Gasteiger partial charge in [0.25, 0.3) is 0 Å². The van der Waals surface area contributed by atoms with Crippen LogP contribution in [0.3, 0.4) is 0 Å². The Morgan fingerprint density at radius 3 is 2.93 bits per heavy atom. The summed E-state index contributed by atoms with van der Waals surface area (Å²) in [7, 11) is 0. The van der Waals surface area contributed by atoms with Gasteiger partial charge in [0, 0.05) is 27.7 Å². The van der Waals surface area contributed by atoms with E-state index in [2.05, 4.69) is 20.9 Å². The van der Waals surface area contributed by atoms with Crippen LogP contribution in [0, 0.1) is 5.82 Å². The van der Waals surface area contributed by atoms with Gasteiger partial charge in [0.1, 0.15) is 10.8 Å². The Hall–Kier alpha value is -0.780. The Bertz CT molecular complexity index is 484. The van der Waals surface area contributed by atoms with Crippen molar-refractivity contribution in [3.63, 3.8) is 0 Å². The molecule has 0 saturated carbocycles. The van der Waals surface area contributed by atoms with Gasteiger partial charge in [0.15, 0.2) is 0 Å². The summed E-state index contributed by atoms with van der Waals surface area (Å²) in [5, 5.41) is 0.661. The molecule has 0 atom stereocenters. The van der Waals surface area contributed by atoms with Gasteiger partial charge in [-0.1, -0.05) is 15.9 Å². The number of halogens is 2. The quantitative estimate of drug-likeness (QED) is 0.921. The highest BCUT2D eigenvalue weighted by molar-refractivity contribution is 9.10. The van der Waals surface area contributed by atoms with E-state index in [1.54, 1.807) is 18.3 Å². The Balaban J connectivity index is 2.48. The van der Waals surface area contributed by atoms with E-state index in [1.165, 1.54) is 17.4 Å². The first kappa shape index (κ1) is 10.7. The van der Waals surface area contributed by atoms with Gasteiger partial charge in [-0.2, -0.15) is 0 Å². The molecular formula is C10H8BrFN2S. The van der Waals surface area contributed by atoms with Gasteiger partial charge in [0.05, 0.1) is 0 Å². The van der Waals surface area contributed by atoms with Crippen LogP contribution in [0.2, 0.25) is 0 Å². The summed E-state index contributed by atoms with van der Waals surface area (Å²) in [5.41, 5.74) is 5.98. The van der Waals surface area contributed by atoms with Gasteiger partial charge in [0.2, 0.25) is 0 Å². The first-order valence-corrected chi connectivity index (χ1v) is 5.92. The summed E-state index contributed by atoms with van der Waals surface area (Å²) < 4.78 is 14.3. The molecule has 2 rings (SSSR count). The van der Waals surface area contributed by atoms with E-state index in [-0.39, 0.29) is 5.82 Å². The number of hydrogen-bond donors (Lipinski definition) is 1. The summed E-state index contributed by atoms with van der Waals surface area (Å²) in [6.07, 6.45) is 1.68. The standard InChI is InChI=1S/C10H8BrFN2S/c11-6-1-2-9(12)8(3-6)10-14-5-7(4-13)15-10/h1-3,5H,4,13H2. The molecule has 78 valence electrons. The average molecular weight is 287 g/mol. The van der Waals surface area contributed by atoms with Crippen LogP contribution < -0.4 is 5.73 Å². The highest BCUT2D eigenvalue weighted by Crippen LogP contribution is 2.29. The van der Waals surface area contributed by atoms with E-state index < -0.39 is 0 Å². The van der Waals surface area contributed by atoms with E-state index in [4.69, 9.17) is 5.73 Å². The van der Waals surface area contributed by atoms with Gasteiger partial charge in [-0.3, -0.25) is 0 Å². The number of aromatic nitrogens is 1. The summed E-state index contributed by atoms with van der Waals surface area (Å²) in [5.74, 6) is -0.267. The lowest BCUT2D eigenvalue weighted by Gasteiger charge is -1.99. The van der Waals surface area contributed by atoms with Crippen LogP contribution in [0.4, 0.5) is 4.39 Å². The fourth-order valence-corrected chi connectivity index (χ4v) is 2.36. The molecule has 15 heavy (non-hydrogen) atoms. The minimum absolute atomic E-state index is 0.267. The predicted molar refractivity (Wildman–Crippen MR) is 63.1 cm³/mol. The summed E-state index contributed by atoms with van der Waals surface area (Å²) >= 11 is 4.71. The molecular weight excluding hydrogens is 279 g/mol. The summed E-state index contributed by atoms with van der Waals surface area (Å²) in [6.45, 7) is 0.438. The highest BCUT2D eigenvalue weighted by Gasteiger charge is 2.09. The largest absolute Gasteiger partial charge is 0.326 e. The molecule has 2 N–H and O–H groups in total. The molecule has 0 radical (unpaired) electrons. The van der Waals surface area contributed by atoms with Crippen molar-refractivity contribution in [3.8, 4) is 10.6 Å². The third-order valence-electron chi connectivity index (χ3n) is 1.91. The minimum Gasteiger partial charge on any atom is -0.326 e. The van der Waals surface area contributed by atoms with Gasteiger partial charge in [-0.05, 0) is 18.2 Å². The lowest BCUT2D eigenvalue weighted by atomic mass is 10.2. The average Bonchev–Trinajstić information content (AvgIpc) is 2.70. The smallest absolute Gasteiger partial charge is 0.133 e. The molecule has 0 spiro atoms. The van der Waals surface area contributed by atoms with Crippen LogP contribution >= 0.6 is 27.3 Å². The first-order chi connectivity index (χ1) is 7.20. The number of hydrogen-bond acceptors (Lipinski definition) is 3. The Kier molecular flexibility index (Phi) is 3.14. The van der Waals surface area contributed by atoms with E-state index in [9.17, 15) is 4.39 Å². The Morgan fingerprint density at radius 2 is 2.27 bits per heavy atom. The second-order valence-electron chi connectivity index (χ2n) is 2.96. The topological polar surface area (TPSA) is 38.9 Å². The number of thiazole rings is 1. The second kappa shape index (κ2) is 4.38. The molecule has 2 aromatic rings. The van der Waals surface area contributed by atoms with Crippen molar-refractivity contribution in [1.29, 1.82) is 0 Å². The van der Waals surface area contributed by atoms with Crippen molar-refractivity contribution in [1.82, 2.24) is 4.98 Å². The summed E-state index contributed by atoms with van der Waals surface area (Å²) in [4.78, 5) is 5.09. The third-order valence-corrected chi connectivity index (χ3v) is 3.46. The van der Waals surface area contributed by atoms with Crippen LogP contribution in [0.25, 0.3) is 10.6 Å². The van der Waals surface area contributed by atoms with Crippen molar-refractivity contribution in [2.45, 2.75) is 6.54 Å². The molecule has 1 aromatic heterocycles. The molecule has 0 aliphatic rings. The molecule has 0 aliphatic heterocycles. The maximum absolute atomic E-state index is 13.5. The molecule has 2 nitrogen and oxygen atoms in total. The van der Waals surface area contributed by atoms with Crippen LogP contribution in [0.5, 0.6) is 0 Å². The van der Waals surface area contributed by atoms with Gasteiger partial charge < -0.3 is 5.73 Å². The van der Waals surface area contributed by atoms with Gasteiger partial charge in [-0.15, -0.1) is 11.3 Å². The van der Waals surface area contributed by atoms with Gasteiger partial charge >= 0.3 is 0 Å². The fraction of sp³-hybridized carbons (Fsp3) is 0.100. The SMILES string of the molecule is NCc1cnc(-c2cc(Br)ccc2F)s1. The number of benzene rings is 1. The van der Waals surface area contributed by atoms with Crippen molar-refractivity contribution in [2.75, 3.05) is 0 Å². The zero-order valence-corrected chi connectivity index (χ0v) is 10.1. The maximum atomic E-state index is 13.5. The highest BCUT2D eigenvalue weighted by atomic mass is 79.9. The van der Waals surface area contributed by atoms with E-state index in [0.717, 1.165) is 9.35 Å².